The summed E-state index contributed by atoms with van der Waals surface area (Å²) < 4.78 is 64.0. The van der Waals surface area contributed by atoms with E-state index in [9.17, 15) is 31.5 Å². The second kappa shape index (κ2) is 9.68. The monoisotopic (exact) mass is 496 g/mol. The second-order valence-electron chi connectivity index (χ2n) is 6.61. The van der Waals surface area contributed by atoms with Crippen molar-refractivity contribution in [3.05, 3.63) is 47.5 Å². The minimum absolute atomic E-state index is 0.00391. The molecule has 170 valence electrons. The summed E-state index contributed by atoms with van der Waals surface area (Å²) in [5.74, 6) is -0.859. The molecule has 0 aliphatic rings. The van der Waals surface area contributed by atoms with E-state index < -0.39 is 27.5 Å². The zero-order valence-corrected chi connectivity index (χ0v) is 18.8. The topological polar surface area (TPSA) is 95.5 Å². The zero-order valence-electron chi connectivity index (χ0n) is 16.5. The number of halogens is 4. The van der Waals surface area contributed by atoms with Crippen molar-refractivity contribution < 1.29 is 31.5 Å². The Balaban J connectivity index is 2.22. The van der Waals surface area contributed by atoms with E-state index in [1.807, 2.05) is 11.6 Å². The van der Waals surface area contributed by atoms with Crippen molar-refractivity contribution in [2.45, 2.75) is 28.5 Å². The van der Waals surface area contributed by atoms with Gasteiger partial charge in [-0.1, -0.05) is 11.6 Å². The number of carbonyl (C=O) groups excluding carboxylic acids is 1. The number of rotatable bonds is 8. The van der Waals surface area contributed by atoms with Gasteiger partial charge in [0.1, 0.15) is 0 Å². The van der Waals surface area contributed by atoms with Gasteiger partial charge in [-0.25, -0.2) is 8.42 Å². The maximum atomic E-state index is 12.8. The van der Waals surface area contributed by atoms with Crippen molar-refractivity contribution in [1.82, 2.24) is 0 Å². The summed E-state index contributed by atoms with van der Waals surface area (Å²) in [4.78, 5) is 11.6. The van der Waals surface area contributed by atoms with Gasteiger partial charge in [0.25, 0.3) is 5.91 Å². The standard InChI is InChI=1S/C19H20ClF3N2O4S2/c1-18(27,19(21,22)23)17(26)25-16-8-7-14(11-15(16)20)31(28,29)13-5-3-12(4-6-13)24-9-10-30-2/h3-8,11,24,27H,9-10H2,1-2H3,(H,25,26). The molecule has 31 heavy (non-hydrogen) atoms. The number of thioether (sulfide) groups is 1. The van der Waals surface area contributed by atoms with E-state index in [4.69, 9.17) is 11.6 Å². The Morgan fingerprint density at radius 3 is 2.23 bits per heavy atom. The summed E-state index contributed by atoms with van der Waals surface area (Å²) in [6.45, 7) is 1.02. The Morgan fingerprint density at radius 2 is 1.71 bits per heavy atom. The van der Waals surface area contributed by atoms with Gasteiger partial charge in [-0.2, -0.15) is 24.9 Å². The summed E-state index contributed by atoms with van der Waals surface area (Å²) in [6.07, 6.45) is -3.23. The Kier molecular flexibility index (Phi) is 7.90. The highest BCUT2D eigenvalue weighted by atomic mass is 35.5. The average molecular weight is 497 g/mol. The molecule has 6 nitrogen and oxygen atoms in total. The molecule has 1 amide bonds. The Hall–Kier alpha value is -1.95. The molecule has 0 aliphatic heterocycles. The fourth-order valence-corrected chi connectivity index (χ4v) is 4.21. The van der Waals surface area contributed by atoms with Crippen molar-refractivity contribution in [3.63, 3.8) is 0 Å². The summed E-state index contributed by atoms with van der Waals surface area (Å²) in [6, 6.07) is 9.23. The van der Waals surface area contributed by atoms with Crippen LogP contribution in [0.1, 0.15) is 6.92 Å². The second-order valence-corrected chi connectivity index (χ2v) is 9.96. The van der Waals surface area contributed by atoms with Gasteiger partial charge in [0.05, 0.1) is 20.5 Å². The molecular weight excluding hydrogens is 477 g/mol. The molecule has 0 spiro atoms. The molecule has 3 N–H and O–H groups in total. The van der Waals surface area contributed by atoms with Crippen LogP contribution in [0.25, 0.3) is 0 Å². The van der Waals surface area contributed by atoms with E-state index in [0.29, 0.717) is 6.92 Å². The number of hydrogen-bond donors (Lipinski definition) is 3. The molecule has 12 heteroatoms. The van der Waals surface area contributed by atoms with Gasteiger partial charge < -0.3 is 15.7 Å². The molecule has 1 atom stereocenters. The molecule has 0 aromatic heterocycles. The summed E-state index contributed by atoms with van der Waals surface area (Å²) in [5, 5.41) is 14.1. The normalized spacial score (nSPS) is 14.0. The molecule has 2 aromatic carbocycles. The highest BCUT2D eigenvalue weighted by molar-refractivity contribution is 7.98. The predicted molar refractivity (Wildman–Crippen MR) is 116 cm³/mol. The van der Waals surface area contributed by atoms with Crippen LogP contribution >= 0.6 is 23.4 Å². The first-order chi connectivity index (χ1) is 14.3. The van der Waals surface area contributed by atoms with Gasteiger partial charge in [-0.05, 0) is 55.6 Å². The van der Waals surface area contributed by atoms with Gasteiger partial charge in [-0.15, -0.1) is 0 Å². The number of nitrogens with one attached hydrogen (secondary N) is 2. The molecule has 0 bridgehead atoms. The van der Waals surface area contributed by atoms with Gasteiger partial charge in [0.15, 0.2) is 0 Å². The van der Waals surface area contributed by atoms with Gasteiger partial charge in [0.2, 0.25) is 15.4 Å². The van der Waals surface area contributed by atoms with Gasteiger partial charge in [0, 0.05) is 18.0 Å². The van der Waals surface area contributed by atoms with Crippen molar-refractivity contribution >= 4 is 50.5 Å². The molecule has 0 aliphatic carbocycles. The van der Waals surface area contributed by atoms with Crippen LogP contribution in [0.15, 0.2) is 52.3 Å². The van der Waals surface area contributed by atoms with Crippen molar-refractivity contribution in [1.29, 1.82) is 0 Å². The highest BCUT2D eigenvalue weighted by Crippen LogP contribution is 2.33. The van der Waals surface area contributed by atoms with Gasteiger partial charge >= 0.3 is 6.18 Å². The molecule has 0 heterocycles. The van der Waals surface area contributed by atoms with Crippen LogP contribution in [0.2, 0.25) is 5.02 Å². The van der Waals surface area contributed by atoms with Crippen LogP contribution in [0, 0.1) is 0 Å². The third-order valence-corrected chi connectivity index (χ3v) is 6.99. The third-order valence-electron chi connectivity index (χ3n) is 4.29. The van der Waals surface area contributed by atoms with Crippen LogP contribution in [-0.2, 0) is 14.6 Å². The number of benzene rings is 2. The number of aliphatic hydroxyl groups is 1. The smallest absolute Gasteiger partial charge is 0.384 e. The number of alkyl halides is 3. The molecule has 1 unspecified atom stereocenters. The lowest BCUT2D eigenvalue weighted by Crippen LogP contribution is -2.52. The van der Waals surface area contributed by atoms with E-state index >= 15 is 0 Å². The van der Waals surface area contributed by atoms with E-state index in [-0.39, 0.29) is 20.5 Å². The summed E-state index contributed by atoms with van der Waals surface area (Å²) >= 11 is 7.64. The van der Waals surface area contributed by atoms with E-state index in [1.54, 1.807) is 23.9 Å². The largest absolute Gasteiger partial charge is 0.426 e. The zero-order chi connectivity index (χ0) is 23.4. The fourth-order valence-electron chi connectivity index (χ4n) is 2.32. The summed E-state index contributed by atoms with van der Waals surface area (Å²) in [7, 11) is -3.96. The van der Waals surface area contributed by atoms with Crippen LogP contribution in [-0.4, -0.2) is 49.8 Å². The van der Waals surface area contributed by atoms with Crippen molar-refractivity contribution in [2.75, 3.05) is 29.2 Å². The first-order valence-electron chi connectivity index (χ1n) is 8.79. The molecule has 2 rings (SSSR count). The Bertz CT molecular complexity index is 1040. The number of sulfone groups is 1. The Labute approximate surface area is 187 Å². The lowest BCUT2D eigenvalue weighted by molar-refractivity contribution is -0.242. The number of carbonyl (C=O) groups is 1. The van der Waals surface area contributed by atoms with E-state index in [2.05, 4.69) is 5.32 Å². The van der Waals surface area contributed by atoms with Gasteiger partial charge in [-0.3, -0.25) is 4.79 Å². The molecule has 2 aromatic rings. The number of amides is 1. The molecule has 0 fully saturated rings. The van der Waals surface area contributed by atoms with Crippen LogP contribution in [0.4, 0.5) is 24.5 Å². The van der Waals surface area contributed by atoms with E-state index in [1.165, 1.54) is 12.1 Å². The van der Waals surface area contributed by atoms with Crippen molar-refractivity contribution in [2.24, 2.45) is 0 Å². The summed E-state index contributed by atoms with van der Waals surface area (Å²) in [5.41, 5.74) is -3.17. The molecule has 0 saturated carbocycles. The molecular formula is C19H20ClF3N2O4S2. The number of anilines is 2. The minimum Gasteiger partial charge on any atom is -0.384 e. The average Bonchev–Trinajstić information content (AvgIpc) is 2.69. The maximum Gasteiger partial charge on any atom is 0.426 e. The lowest BCUT2D eigenvalue weighted by Gasteiger charge is -2.25. The number of hydrogen-bond acceptors (Lipinski definition) is 6. The van der Waals surface area contributed by atoms with Crippen LogP contribution in [0.3, 0.4) is 0 Å². The molecule has 0 saturated heterocycles. The fraction of sp³-hybridized carbons (Fsp3) is 0.316. The lowest BCUT2D eigenvalue weighted by atomic mass is 10.1. The maximum absolute atomic E-state index is 12.8. The van der Waals surface area contributed by atoms with Crippen LogP contribution in [0.5, 0.6) is 0 Å². The quantitative estimate of drug-likeness (QED) is 0.474. The minimum atomic E-state index is -5.21. The third kappa shape index (κ3) is 5.85. The first-order valence-corrected chi connectivity index (χ1v) is 12.0. The molecule has 0 radical (unpaired) electrons. The van der Waals surface area contributed by atoms with Crippen LogP contribution < -0.4 is 10.6 Å². The van der Waals surface area contributed by atoms with E-state index in [0.717, 1.165) is 36.2 Å². The van der Waals surface area contributed by atoms with Crippen molar-refractivity contribution in [3.8, 4) is 0 Å². The Morgan fingerprint density at radius 1 is 1.13 bits per heavy atom. The highest BCUT2D eigenvalue weighted by Gasteiger charge is 2.55. The predicted octanol–water partition coefficient (Wildman–Crippen LogP) is 4.20. The SMILES string of the molecule is CSCCNc1ccc(S(=O)(=O)c2ccc(NC(=O)C(C)(O)C(F)(F)F)c(Cl)c2)cc1. The first kappa shape index (κ1) is 25.3.